The monoisotopic (exact) mass is 438 g/mol. The first-order chi connectivity index (χ1) is 15.9. The van der Waals surface area contributed by atoms with Crippen LogP contribution in [0.1, 0.15) is 44.4 Å². The molecule has 6 heteroatoms. The standard InChI is InChI=1S/C27H26N4O2/c1-17-13-26(30-25-10-5-4-7-22(25)16-28)24-15-21(11-12-27(24)31(17)19(3)33)20-8-6-9-23(14-20)29-18(2)32/h4-12,14-15,17,26,30H,13H2,1-3H3,(H,29,32)/t17-,26+/m0/s1. The highest BCUT2D eigenvalue weighted by Gasteiger charge is 2.33. The first kappa shape index (κ1) is 22.1. The molecule has 166 valence electrons. The van der Waals surface area contributed by atoms with E-state index in [9.17, 15) is 14.9 Å². The number of para-hydroxylation sites is 1. The van der Waals surface area contributed by atoms with E-state index in [1.165, 1.54) is 6.92 Å². The van der Waals surface area contributed by atoms with Crippen LogP contribution < -0.4 is 15.5 Å². The minimum Gasteiger partial charge on any atom is -0.377 e. The van der Waals surface area contributed by atoms with Crippen LogP contribution in [0.5, 0.6) is 0 Å². The number of carbonyl (C=O) groups is 2. The molecule has 0 spiro atoms. The molecule has 3 aromatic carbocycles. The Labute approximate surface area is 193 Å². The third kappa shape index (κ3) is 4.58. The summed E-state index contributed by atoms with van der Waals surface area (Å²) in [6.07, 6.45) is 0.710. The molecule has 4 rings (SSSR count). The number of nitrogens with one attached hydrogen (secondary N) is 2. The molecule has 0 bridgehead atoms. The summed E-state index contributed by atoms with van der Waals surface area (Å²) in [5, 5.41) is 15.9. The fourth-order valence-electron chi connectivity index (χ4n) is 4.53. The number of carbonyl (C=O) groups excluding carboxylic acids is 2. The van der Waals surface area contributed by atoms with Gasteiger partial charge in [0.2, 0.25) is 11.8 Å². The molecule has 1 aliphatic heterocycles. The summed E-state index contributed by atoms with van der Waals surface area (Å²) >= 11 is 0. The third-order valence-electron chi connectivity index (χ3n) is 5.91. The van der Waals surface area contributed by atoms with Gasteiger partial charge in [0, 0.05) is 31.3 Å². The highest BCUT2D eigenvalue weighted by molar-refractivity contribution is 5.94. The first-order valence-corrected chi connectivity index (χ1v) is 10.9. The molecule has 2 atom stereocenters. The van der Waals surface area contributed by atoms with Crippen LogP contribution in [-0.4, -0.2) is 17.9 Å². The maximum absolute atomic E-state index is 12.5. The predicted molar refractivity (Wildman–Crippen MR) is 131 cm³/mol. The largest absolute Gasteiger partial charge is 0.377 e. The van der Waals surface area contributed by atoms with Crippen molar-refractivity contribution in [3.8, 4) is 17.2 Å². The summed E-state index contributed by atoms with van der Waals surface area (Å²) in [5.41, 5.74) is 5.91. The maximum atomic E-state index is 12.5. The van der Waals surface area contributed by atoms with Gasteiger partial charge in [-0.3, -0.25) is 9.59 Å². The van der Waals surface area contributed by atoms with Crippen LogP contribution in [0, 0.1) is 11.3 Å². The summed E-state index contributed by atoms with van der Waals surface area (Å²) in [7, 11) is 0. The second-order valence-electron chi connectivity index (χ2n) is 8.36. The lowest BCUT2D eigenvalue weighted by atomic mass is 9.88. The molecule has 0 unspecified atom stereocenters. The van der Waals surface area contributed by atoms with Crippen molar-refractivity contribution < 1.29 is 9.59 Å². The van der Waals surface area contributed by atoms with Crippen molar-refractivity contribution in [1.82, 2.24) is 0 Å². The average Bonchev–Trinajstić information content (AvgIpc) is 2.78. The van der Waals surface area contributed by atoms with Gasteiger partial charge in [0.05, 0.1) is 17.3 Å². The van der Waals surface area contributed by atoms with Gasteiger partial charge < -0.3 is 15.5 Å². The lowest BCUT2D eigenvalue weighted by molar-refractivity contribution is -0.117. The zero-order chi connectivity index (χ0) is 23.5. The highest BCUT2D eigenvalue weighted by atomic mass is 16.2. The van der Waals surface area contributed by atoms with Gasteiger partial charge in [0.15, 0.2) is 0 Å². The lowest BCUT2D eigenvalue weighted by Gasteiger charge is -2.40. The van der Waals surface area contributed by atoms with Crippen molar-refractivity contribution in [3.05, 3.63) is 77.9 Å². The Morgan fingerprint density at radius 1 is 1.00 bits per heavy atom. The van der Waals surface area contributed by atoms with Crippen LogP contribution >= 0.6 is 0 Å². The van der Waals surface area contributed by atoms with E-state index in [-0.39, 0.29) is 23.9 Å². The van der Waals surface area contributed by atoms with Gasteiger partial charge in [0.1, 0.15) is 6.07 Å². The molecule has 0 aromatic heterocycles. The van der Waals surface area contributed by atoms with E-state index in [1.807, 2.05) is 66.4 Å². The summed E-state index contributed by atoms with van der Waals surface area (Å²) in [6.45, 7) is 5.11. The molecular weight excluding hydrogens is 412 g/mol. The van der Waals surface area contributed by atoms with Gasteiger partial charge >= 0.3 is 0 Å². The molecule has 0 radical (unpaired) electrons. The Hall–Kier alpha value is -4.11. The molecular formula is C27H26N4O2. The van der Waals surface area contributed by atoms with E-state index >= 15 is 0 Å². The molecule has 1 aliphatic rings. The summed E-state index contributed by atoms with van der Waals surface area (Å²) < 4.78 is 0. The van der Waals surface area contributed by atoms with Gasteiger partial charge in [-0.1, -0.05) is 30.3 Å². The Bertz CT molecular complexity index is 1260. The number of fused-ring (bicyclic) bond motifs is 1. The Balaban J connectivity index is 1.78. The van der Waals surface area contributed by atoms with Crippen molar-refractivity contribution >= 4 is 28.9 Å². The SMILES string of the molecule is CC(=O)Nc1cccc(-c2ccc3c(c2)[C@H](Nc2ccccc2C#N)C[C@H](C)N3C(C)=O)c1. The normalized spacial score (nSPS) is 17.0. The molecule has 2 N–H and O–H groups in total. The molecule has 1 heterocycles. The summed E-state index contributed by atoms with van der Waals surface area (Å²) in [5.74, 6) is -0.121. The molecule has 0 saturated carbocycles. The number of nitriles is 1. The highest BCUT2D eigenvalue weighted by Crippen LogP contribution is 2.41. The third-order valence-corrected chi connectivity index (χ3v) is 5.91. The quantitative estimate of drug-likeness (QED) is 0.565. The fourth-order valence-corrected chi connectivity index (χ4v) is 4.53. The van der Waals surface area contributed by atoms with Crippen LogP contribution in [-0.2, 0) is 9.59 Å². The van der Waals surface area contributed by atoms with Gasteiger partial charge in [0.25, 0.3) is 0 Å². The number of hydrogen-bond acceptors (Lipinski definition) is 4. The summed E-state index contributed by atoms with van der Waals surface area (Å²) in [4.78, 5) is 25.8. The van der Waals surface area contributed by atoms with E-state index in [0.717, 1.165) is 33.8 Å². The Morgan fingerprint density at radius 3 is 2.48 bits per heavy atom. The first-order valence-electron chi connectivity index (χ1n) is 10.9. The second kappa shape index (κ2) is 9.17. The molecule has 0 fully saturated rings. The van der Waals surface area contributed by atoms with E-state index in [0.29, 0.717) is 12.0 Å². The van der Waals surface area contributed by atoms with E-state index < -0.39 is 0 Å². The molecule has 6 nitrogen and oxygen atoms in total. The van der Waals surface area contributed by atoms with E-state index in [1.54, 1.807) is 13.0 Å². The number of nitrogens with zero attached hydrogens (tertiary/aromatic N) is 2. The molecule has 0 saturated heterocycles. The van der Waals surface area contributed by atoms with Crippen LogP contribution in [0.3, 0.4) is 0 Å². The Kier molecular flexibility index (Phi) is 6.14. The number of hydrogen-bond donors (Lipinski definition) is 2. The van der Waals surface area contributed by atoms with Gasteiger partial charge in [-0.25, -0.2) is 0 Å². The van der Waals surface area contributed by atoms with Gasteiger partial charge in [-0.15, -0.1) is 0 Å². The maximum Gasteiger partial charge on any atom is 0.224 e. The fraction of sp³-hybridized carbons (Fsp3) is 0.222. The van der Waals surface area contributed by atoms with Crippen LogP contribution in [0.15, 0.2) is 66.7 Å². The lowest BCUT2D eigenvalue weighted by Crippen LogP contribution is -2.43. The number of benzene rings is 3. The smallest absolute Gasteiger partial charge is 0.224 e. The zero-order valence-corrected chi connectivity index (χ0v) is 18.9. The van der Waals surface area contributed by atoms with E-state index in [2.05, 4.69) is 22.8 Å². The van der Waals surface area contributed by atoms with Crippen LogP contribution in [0.2, 0.25) is 0 Å². The number of anilines is 3. The Morgan fingerprint density at radius 2 is 1.76 bits per heavy atom. The predicted octanol–water partition coefficient (Wildman–Crippen LogP) is 5.48. The van der Waals surface area contributed by atoms with Gasteiger partial charge in [-0.2, -0.15) is 5.26 Å². The second-order valence-corrected chi connectivity index (χ2v) is 8.36. The molecule has 33 heavy (non-hydrogen) atoms. The van der Waals surface area contributed by atoms with Crippen molar-refractivity contribution in [2.45, 2.75) is 39.3 Å². The average molecular weight is 439 g/mol. The van der Waals surface area contributed by atoms with Crippen molar-refractivity contribution in [2.75, 3.05) is 15.5 Å². The van der Waals surface area contributed by atoms with Crippen LogP contribution in [0.25, 0.3) is 11.1 Å². The number of rotatable bonds is 4. The number of amides is 2. The molecule has 3 aromatic rings. The van der Waals surface area contributed by atoms with Gasteiger partial charge in [-0.05, 0) is 66.4 Å². The van der Waals surface area contributed by atoms with Crippen molar-refractivity contribution in [3.63, 3.8) is 0 Å². The van der Waals surface area contributed by atoms with E-state index in [4.69, 9.17) is 0 Å². The zero-order valence-electron chi connectivity index (χ0n) is 18.9. The van der Waals surface area contributed by atoms with Crippen molar-refractivity contribution in [1.29, 1.82) is 5.26 Å². The van der Waals surface area contributed by atoms with Crippen molar-refractivity contribution in [2.24, 2.45) is 0 Å². The molecule has 0 aliphatic carbocycles. The minimum atomic E-state index is -0.121. The topological polar surface area (TPSA) is 85.2 Å². The molecule has 2 amide bonds. The van der Waals surface area contributed by atoms with Crippen LogP contribution in [0.4, 0.5) is 17.1 Å². The minimum absolute atomic E-state index is 0.0000283. The summed E-state index contributed by atoms with van der Waals surface area (Å²) in [6, 6.07) is 23.4.